The van der Waals surface area contributed by atoms with Crippen molar-refractivity contribution in [2.24, 2.45) is 0 Å². The summed E-state index contributed by atoms with van der Waals surface area (Å²) in [4.78, 5) is 15.9. The van der Waals surface area contributed by atoms with Gasteiger partial charge in [0.05, 0.1) is 11.4 Å². The maximum absolute atomic E-state index is 12.6. The number of benzene rings is 1. The molecule has 0 saturated heterocycles. The molecule has 0 aliphatic carbocycles. The van der Waals surface area contributed by atoms with Gasteiger partial charge in [0.1, 0.15) is 6.33 Å². The molecule has 0 unspecified atom stereocenters. The van der Waals surface area contributed by atoms with Gasteiger partial charge >= 0.3 is 0 Å². The number of carbonyl (C=O) groups is 1. The fourth-order valence-corrected chi connectivity index (χ4v) is 4.81. The van der Waals surface area contributed by atoms with E-state index in [-0.39, 0.29) is 5.91 Å². The predicted molar refractivity (Wildman–Crippen MR) is 105 cm³/mol. The lowest BCUT2D eigenvalue weighted by Gasteiger charge is -2.26. The normalized spacial score (nSPS) is 13.7. The van der Waals surface area contributed by atoms with Gasteiger partial charge in [-0.15, -0.1) is 21.5 Å². The molecule has 1 aliphatic rings. The average Bonchev–Trinajstić information content (AvgIpc) is 3.30. The van der Waals surface area contributed by atoms with Crippen molar-refractivity contribution >= 4 is 40.6 Å². The molecule has 4 rings (SSSR count). The largest absolute Gasteiger partial charge is 0.337 e. The Kier molecular flexibility index (Phi) is 5.02. The highest BCUT2D eigenvalue weighted by Gasteiger charge is 2.22. The van der Waals surface area contributed by atoms with Crippen molar-refractivity contribution in [3.8, 4) is 5.69 Å². The van der Waals surface area contributed by atoms with E-state index >= 15 is 0 Å². The number of thioether (sulfide) groups is 1. The van der Waals surface area contributed by atoms with Gasteiger partial charge in [-0.3, -0.25) is 9.36 Å². The zero-order valence-electron chi connectivity index (χ0n) is 14.2. The maximum atomic E-state index is 12.6. The minimum Gasteiger partial charge on any atom is -0.337 e. The monoisotopic (exact) mass is 404 g/mol. The second-order valence-electron chi connectivity index (χ2n) is 6.14. The number of aryl methyl sites for hydroxylation is 1. The van der Waals surface area contributed by atoms with Crippen molar-refractivity contribution in [3.63, 3.8) is 0 Å². The van der Waals surface area contributed by atoms with Gasteiger partial charge in [0.15, 0.2) is 5.16 Å². The summed E-state index contributed by atoms with van der Waals surface area (Å²) >= 11 is 9.40. The van der Waals surface area contributed by atoms with Crippen molar-refractivity contribution in [2.45, 2.75) is 25.0 Å². The molecule has 0 atom stereocenters. The molecule has 0 bridgehead atoms. The third-order valence-electron chi connectivity index (χ3n) is 4.44. The summed E-state index contributed by atoms with van der Waals surface area (Å²) < 4.78 is 1.86. The summed E-state index contributed by atoms with van der Waals surface area (Å²) in [6.45, 7) is 3.45. The van der Waals surface area contributed by atoms with Crippen LogP contribution in [0.2, 0.25) is 5.02 Å². The molecule has 26 heavy (non-hydrogen) atoms. The number of fused-ring (bicyclic) bond motifs is 1. The van der Waals surface area contributed by atoms with E-state index in [0.29, 0.717) is 22.5 Å². The van der Waals surface area contributed by atoms with Gasteiger partial charge in [-0.1, -0.05) is 29.4 Å². The van der Waals surface area contributed by atoms with Gasteiger partial charge in [0.2, 0.25) is 5.91 Å². The molecule has 8 heteroatoms. The molecule has 0 spiro atoms. The highest BCUT2D eigenvalue weighted by molar-refractivity contribution is 7.99. The standard InChI is InChI=1S/C18H17ClN4OS2/c1-12-2-3-14(8-15(12)19)23-11-20-21-18(23)26-10-17(24)22-6-4-16-13(9-22)5-7-25-16/h2-3,5,7-8,11H,4,6,9-10H2,1H3. The Bertz CT molecular complexity index is 952. The molecule has 1 aliphatic heterocycles. The van der Waals surface area contributed by atoms with E-state index in [1.165, 1.54) is 22.2 Å². The van der Waals surface area contributed by atoms with Crippen LogP contribution in [0.3, 0.4) is 0 Å². The van der Waals surface area contributed by atoms with E-state index in [9.17, 15) is 4.79 Å². The Morgan fingerprint density at radius 3 is 3.12 bits per heavy atom. The molecule has 2 aromatic heterocycles. The highest BCUT2D eigenvalue weighted by Crippen LogP contribution is 2.26. The molecular formula is C18H17ClN4OS2. The SMILES string of the molecule is Cc1ccc(-n2cnnc2SCC(=O)N2CCc3sccc3C2)cc1Cl. The summed E-state index contributed by atoms with van der Waals surface area (Å²) in [6, 6.07) is 7.93. The van der Waals surface area contributed by atoms with Crippen LogP contribution < -0.4 is 0 Å². The van der Waals surface area contributed by atoms with Crippen LogP contribution in [0.15, 0.2) is 41.1 Å². The van der Waals surface area contributed by atoms with Crippen LogP contribution in [0, 0.1) is 6.92 Å². The van der Waals surface area contributed by atoms with Crippen LogP contribution in [0.1, 0.15) is 16.0 Å². The highest BCUT2D eigenvalue weighted by atomic mass is 35.5. The van der Waals surface area contributed by atoms with Gasteiger partial charge < -0.3 is 4.90 Å². The van der Waals surface area contributed by atoms with Crippen molar-refractivity contribution in [1.82, 2.24) is 19.7 Å². The second-order valence-corrected chi connectivity index (χ2v) is 8.49. The third-order valence-corrected chi connectivity index (χ3v) is 6.79. The third kappa shape index (κ3) is 3.51. The number of hydrogen-bond acceptors (Lipinski definition) is 5. The van der Waals surface area contributed by atoms with E-state index in [1.807, 2.05) is 34.6 Å². The van der Waals surface area contributed by atoms with Gasteiger partial charge in [-0.25, -0.2) is 0 Å². The van der Waals surface area contributed by atoms with Crippen molar-refractivity contribution in [1.29, 1.82) is 0 Å². The topological polar surface area (TPSA) is 51.0 Å². The number of rotatable bonds is 4. The fourth-order valence-electron chi connectivity index (χ4n) is 2.91. The van der Waals surface area contributed by atoms with Crippen LogP contribution >= 0.6 is 34.7 Å². The average molecular weight is 405 g/mol. The fraction of sp³-hybridized carbons (Fsp3) is 0.278. The number of carbonyl (C=O) groups excluding carboxylic acids is 1. The van der Waals surface area contributed by atoms with Crippen molar-refractivity contribution in [3.05, 3.63) is 57.0 Å². The molecule has 0 radical (unpaired) electrons. The minimum absolute atomic E-state index is 0.128. The zero-order valence-corrected chi connectivity index (χ0v) is 16.6. The predicted octanol–water partition coefficient (Wildman–Crippen LogP) is 3.97. The molecular weight excluding hydrogens is 388 g/mol. The first-order valence-corrected chi connectivity index (χ1v) is 10.5. The summed E-state index contributed by atoms with van der Waals surface area (Å²) in [5, 5.41) is 11.6. The maximum Gasteiger partial charge on any atom is 0.233 e. The first-order valence-electron chi connectivity index (χ1n) is 8.24. The first kappa shape index (κ1) is 17.6. The van der Waals surface area contributed by atoms with Gasteiger partial charge in [-0.05, 0) is 48.1 Å². The van der Waals surface area contributed by atoms with Gasteiger partial charge in [0, 0.05) is 23.0 Å². The van der Waals surface area contributed by atoms with E-state index in [0.717, 1.165) is 24.2 Å². The van der Waals surface area contributed by atoms with Crippen molar-refractivity contribution in [2.75, 3.05) is 12.3 Å². The summed E-state index contributed by atoms with van der Waals surface area (Å²) in [6.07, 6.45) is 2.59. The van der Waals surface area contributed by atoms with Crippen LogP contribution in [0.4, 0.5) is 0 Å². The molecule has 3 heterocycles. The number of thiophene rings is 1. The van der Waals surface area contributed by atoms with Crippen LogP contribution in [-0.4, -0.2) is 37.9 Å². The lowest BCUT2D eigenvalue weighted by molar-refractivity contribution is -0.129. The van der Waals surface area contributed by atoms with Crippen LogP contribution in [0.25, 0.3) is 5.69 Å². The zero-order chi connectivity index (χ0) is 18.1. The molecule has 5 nitrogen and oxygen atoms in total. The molecule has 0 fully saturated rings. The Morgan fingerprint density at radius 2 is 2.27 bits per heavy atom. The minimum atomic E-state index is 0.128. The van der Waals surface area contributed by atoms with Gasteiger partial charge in [-0.2, -0.15) is 0 Å². The smallest absolute Gasteiger partial charge is 0.233 e. The molecule has 134 valence electrons. The first-order chi connectivity index (χ1) is 12.6. The van der Waals surface area contributed by atoms with E-state index in [1.54, 1.807) is 17.7 Å². The lowest BCUT2D eigenvalue weighted by Crippen LogP contribution is -2.36. The second kappa shape index (κ2) is 7.42. The Hall–Kier alpha value is -1.83. The summed E-state index contributed by atoms with van der Waals surface area (Å²) in [5.41, 5.74) is 3.18. The lowest BCUT2D eigenvalue weighted by atomic mass is 10.1. The molecule has 0 saturated carbocycles. The Balaban J connectivity index is 1.43. The number of halogens is 1. The van der Waals surface area contributed by atoms with E-state index < -0.39 is 0 Å². The molecule has 1 aromatic carbocycles. The molecule has 3 aromatic rings. The summed E-state index contributed by atoms with van der Waals surface area (Å²) in [7, 11) is 0. The number of nitrogens with zero attached hydrogens (tertiary/aromatic N) is 4. The Labute approximate surface area is 165 Å². The summed E-state index contributed by atoms with van der Waals surface area (Å²) in [5.74, 6) is 0.473. The number of aromatic nitrogens is 3. The van der Waals surface area contributed by atoms with Crippen molar-refractivity contribution < 1.29 is 4.79 Å². The molecule has 1 amide bonds. The molecule has 0 N–H and O–H groups in total. The van der Waals surface area contributed by atoms with E-state index in [4.69, 9.17) is 11.6 Å². The van der Waals surface area contributed by atoms with E-state index in [2.05, 4.69) is 21.6 Å². The number of amides is 1. The Morgan fingerprint density at radius 1 is 1.38 bits per heavy atom. The van der Waals surface area contributed by atoms with Gasteiger partial charge in [0.25, 0.3) is 0 Å². The number of hydrogen-bond donors (Lipinski definition) is 0. The van der Waals surface area contributed by atoms with Crippen LogP contribution in [-0.2, 0) is 17.8 Å². The van der Waals surface area contributed by atoms with Crippen LogP contribution in [0.5, 0.6) is 0 Å². The quantitative estimate of drug-likeness (QED) is 0.617.